The summed E-state index contributed by atoms with van der Waals surface area (Å²) in [5, 5.41) is 13.1. The molecule has 108 valence electrons. The maximum atomic E-state index is 9.81. The van der Waals surface area contributed by atoms with Gasteiger partial charge in [0, 0.05) is 19.7 Å². The number of phenols is 1. The molecule has 1 atom stereocenters. The number of hydrogen-bond donors (Lipinski definition) is 2. The van der Waals surface area contributed by atoms with E-state index in [0.29, 0.717) is 24.7 Å². The molecule has 0 heterocycles. The average molecular weight is 269 g/mol. The van der Waals surface area contributed by atoms with Gasteiger partial charge in [0.05, 0.1) is 20.3 Å². The normalized spacial score (nSPS) is 12.2. The third-order valence-electron chi connectivity index (χ3n) is 2.75. The van der Waals surface area contributed by atoms with Gasteiger partial charge < -0.3 is 24.6 Å². The third kappa shape index (κ3) is 4.61. The van der Waals surface area contributed by atoms with Crippen LogP contribution >= 0.6 is 0 Å². The zero-order valence-electron chi connectivity index (χ0n) is 12.0. The first kappa shape index (κ1) is 15.6. The molecule has 0 bridgehead atoms. The summed E-state index contributed by atoms with van der Waals surface area (Å²) >= 11 is 0. The maximum Gasteiger partial charge on any atom is 0.200 e. The minimum Gasteiger partial charge on any atom is -0.502 e. The number of ether oxygens (including phenoxy) is 3. The smallest absolute Gasteiger partial charge is 0.200 e. The molecule has 0 aliphatic rings. The molecule has 0 fully saturated rings. The van der Waals surface area contributed by atoms with E-state index in [-0.39, 0.29) is 11.9 Å². The summed E-state index contributed by atoms with van der Waals surface area (Å²) < 4.78 is 15.7. The standard InChI is InChI=1S/C14H23NO4/c1-5-19-10(2)8-15-9-11-6-12(17-3)14(16)13(7-11)18-4/h6-7,10,15-16H,5,8-9H2,1-4H3. The monoisotopic (exact) mass is 269 g/mol. The van der Waals surface area contributed by atoms with Crippen LogP contribution in [0.2, 0.25) is 0 Å². The average Bonchev–Trinajstić information content (AvgIpc) is 2.40. The molecule has 1 rings (SSSR count). The Hall–Kier alpha value is -1.46. The molecule has 1 aromatic carbocycles. The predicted molar refractivity (Wildman–Crippen MR) is 74.0 cm³/mol. The van der Waals surface area contributed by atoms with Crippen molar-refractivity contribution in [2.24, 2.45) is 0 Å². The summed E-state index contributed by atoms with van der Waals surface area (Å²) in [7, 11) is 3.03. The number of methoxy groups -OCH3 is 2. The molecule has 1 aromatic rings. The van der Waals surface area contributed by atoms with E-state index in [4.69, 9.17) is 14.2 Å². The molecule has 2 N–H and O–H groups in total. The van der Waals surface area contributed by atoms with Crippen molar-refractivity contribution in [3.8, 4) is 17.2 Å². The lowest BCUT2D eigenvalue weighted by Gasteiger charge is -2.14. The van der Waals surface area contributed by atoms with E-state index in [9.17, 15) is 5.11 Å². The van der Waals surface area contributed by atoms with Crippen LogP contribution in [0.25, 0.3) is 0 Å². The highest BCUT2D eigenvalue weighted by molar-refractivity contribution is 5.52. The molecule has 5 heteroatoms. The Balaban J connectivity index is 2.63. The highest BCUT2D eigenvalue weighted by Gasteiger charge is 2.11. The van der Waals surface area contributed by atoms with Gasteiger partial charge in [-0.25, -0.2) is 0 Å². The van der Waals surface area contributed by atoms with Gasteiger partial charge in [-0.2, -0.15) is 0 Å². The molecule has 0 aliphatic heterocycles. The topological polar surface area (TPSA) is 60.0 Å². The number of hydrogen-bond acceptors (Lipinski definition) is 5. The van der Waals surface area contributed by atoms with Crippen LogP contribution in [0.3, 0.4) is 0 Å². The van der Waals surface area contributed by atoms with Crippen LogP contribution in [0, 0.1) is 0 Å². The molecule has 5 nitrogen and oxygen atoms in total. The molecule has 0 saturated heterocycles. The van der Waals surface area contributed by atoms with Crippen LogP contribution < -0.4 is 14.8 Å². The van der Waals surface area contributed by atoms with Crippen molar-refractivity contribution in [2.75, 3.05) is 27.4 Å². The molecule has 0 aromatic heterocycles. The molecule has 0 amide bonds. The molecule has 0 aliphatic carbocycles. The van der Waals surface area contributed by atoms with Gasteiger partial charge in [0.15, 0.2) is 11.5 Å². The van der Waals surface area contributed by atoms with Crippen LogP contribution in [-0.4, -0.2) is 38.6 Å². The van der Waals surface area contributed by atoms with Gasteiger partial charge in [-0.05, 0) is 31.5 Å². The Kier molecular flexibility index (Phi) is 6.45. The zero-order chi connectivity index (χ0) is 14.3. The van der Waals surface area contributed by atoms with E-state index in [2.05, 4.69) is 5.32 Å². The Morgan fingerprint density at radius 1 is 1.21 bits per heavy atom. The molecule has 0 radical (unpaired) electrons. The van der Waals surface area contributed by atoms with Crippen molar-refractivity contribution in [2.45, 2.75) is 26.5 Å². The van der Waals surface area contributed by atoms with E-state index >= 15 is 0 Å². The fourth-order valence-electron chi connectivity index (χ4n) is 1.81. The van der Waals surface area contributed by atoms with Gasteiger partial charge in [-0.3, -0.25) is 0 Å². The second kappa shape index (κ2) is 7.86. The largest absolute Gasteiger partial charge is 0.502 e. The fourth-order valence-corrected chi connectivity index (χ4v) is 1.81. The van der Waals surface area contributed by atoms with Crippen LogP contribution in [0.1, 0.15) is 19.4 Å². The van der Waals surface area contributed by atoms with Crippen LogP contribution in [-0.2, 0) is 11.3 Å². The Morgan fingerprint density at radius 2 is 1.79 bits per heavy atom. The minimum absolute atomic E-state index is 0.0245. The van der Waals surface area contributed by atoms with Crippen molar-refractivity contribution in [1.29, 1.82) is 0 Å². The van der Waals surface area contributed by atoms with Crippen molar-refractivity contribution in [3.05, 3.63) is 17.7 Å². The van der Waals surface area contributed by atoms with Gasteiger partial charge in [-0.1, -0.05) is 0 Å². The van der Waals surface area contributed by atoms with E-state index in [1.807, 2.05) is 13.8 Å². The number of rotatable bonds is 8. The minimum atomic E-state index is 0.0245. The fraction of sp³-hybridized carbons (Fsp3) is 0.571. The third-order valence-corrected chi connectivity index (χ3v) is 2.75. The van der Waals surface area contributed by atoms with Gasteiger partial charge in [0.2, 0.25) is 5.75 Å². The van der Waals surface area contributed by atoms with E-state index in [1.54, 1.807) is 12.1 Å². The summed E-state index contributed by atoms with van der Waals surface area (Å²) in [6, 6.07) is 3.58. The predicted octanol–water partition coefficient (Wildman–Crippen LogP) is 1.92. The first-order chi connectivity index (χ1) is 9.12. The van der Waals surface area contributed by atoms with Crippen LogP contribution in [0.4, 0.5) is 0 Å². The number of nitrogens with one attached hydrogen (secondary N) is 1. The summed E-state index contributed by atoms with van der Waals surface area (Å²) in [6.07, 6.45) is 0.172. The summed E-state index contributed by atoms with van der Waals surface area (Å²) in [5.41, 5.74) is 0.982. The van der Waals surface area contributed by atoms with E-state index in [1.165, 1.54) is 14.2 Å². The highest BCUT2D eigenvalue weighted by atomic mass is 16.5. The van der Waals surface area contributed by atoms with E-state index < -0.39 is 0 Å². The van der Waals surface area contributed by atoms with Gasteiger partial charge >= 0.3 is 0 Å². The molecule has 19 heavy (non-hydrogen) atoms. The van der Waals surface area contributed by atoms with Crippen molar-refractivity contribution in [3.63, 3.8) is 0 Å². The summed E-state index contributed by atoms with van der Waals surface area (Å²) in [4.78, 5) is 0. The maximum absolute atomic E-state index is 9.81. The van der Waals surface area contributed by atoms with Crippen molar-refractivity contribution in [1.82, 2.24) is 5.32 Å². The summed E-state index contributed by atoms with van der Waals surface area (Å²) in [5.74, 6) is 0.847. The highest BCUT2D eigenvalue weighted by Crippen LogP contribution is 2.36. The molecular weight excluding hydrogens is 246 g/mol. The molecule has 0 spiro atoms. The SMILES string of the molecule is CCOC(C)CNCc1cc(OC)c(O)c(OC)c1. The summed E-state index contributed by atoms with van der Waals surface area (Å²) in [6.45, 7) is 6.13. The first-order valence-electron chi connectivity index (χ1n) is 6.38. The second-order valence-corrected chi connectivity index (χ2v) is 4.25. The van der Waals surface area contributed by atoms with Crippen LogP contribution in [0.15, 0.2) is 12.1 Å². The quantitative estimate of drug-likeness (QED) is 0.755. The van der Waals surface area contributed by atoms with Gasteiger partial charge in [0.25, 0.3) is 0 Å². The zero-order valence-corrected chi connectivity index (χ0v) is 12.0. The number of aromatic hydroxyl groups is 1. The molecule has 0 saturated carbocycles. The van der Waals surface area contributed by atoms with Crippen molar-refractivity contribution >= 4 is 0 Å². The molecular formula is C14H23NO4. The Morgan fingerprint density at radius 3 is 2.26 bits per heavy atom. The second-order valence-electron chi connectivity index (χ2n) is 4.25. The lowest BCUT2D eigenvalue weighted by molar-refractivity contribution is 0.0759. The van der Waals surface area contributed by atoms with Gasteiger partial charge in [-0.15, -0.1) is 0 Å². The number of phenolic OH excluding ortho intramolecular Hbond substituents is 1. The van der Waals surface area contributed by atoms with Crippen LogP contribution in [0.5, 0.6) is 17.2 Å². The number of benzene rings is 1. The Labute approximate surface area is 114 Å². The molecule has 1 unspecified atom stereocenters. The lowest BCUT2D eigenvalue weighted by Crippen LogP contribution is -2.26. The lowest BCUT2D eigenvalue weighted by atomic mass is 10.1. The van der Waals surface area contributed by atoms with E-state index in [0.717, 1.165) is 12.1 Å². The van der Waals surface area contributed by atoms with Crippen molar-refractivity contribution < 1.29 is 19.3 Å². The first-order valence-corrected chi connectivity index (χ1v) is 6.38. The van der Waals surface area contributed by atoms with Gasteiger partial charge in [0.1, 0.15) is 0 Å². The Bertz CT molecular complexity index is 370.